The van der Waals surface area contributed by atoms with E-state index in [4.69, 9.17) is 9.47 Å². The second-order valence-corrected chi connectivity index (χ2v) is 4.49. The van der Waals surface area contributed by atoms with Crippen LogP contribution in [0.5, 0.6) is 11.5 Å². The molecule has 1 aromatic rings. The maximum atomic E-state index is 11.6. The number of rotatable bonds is 7. The quantitative estimate of drug-likeness (QED) is 0.745. The lowest BCUT2D eigenvalue weighted by Gasteiger charge is -2.14. The number of hydrogen-bond donors (Lipinski definition) is 0. The van der Waals surface area contributed by atoms with E-state index in [9.17, 15) is 4.79 Å². The largest absolute Gasteiger partial charge is 0.493 e. The zero-order valence-corrected chi connectivity index (χ0v) is 11.7. The molecular weight excluding hydrogens is 228 g/mol. The Balaban J connectivity index is 2.86. The third-order valence-electron chi connectivity index (χ3n) is 3.14. The monoisotopic (exact) mass is 250 g/mol. The van der Waals surface area contributed by atoms with Crippen molar-refractivity contribution in [1.82, 2.24) is 0 Å². The van der Waals surface area contributed by atoms with Crippen LogP contribution < -0.4 is 9.47 Å². The maximum Gasteiger partial charge on any atom is 0.160 e. The Morgan fingerprint density at radius 3 is 2.39 bits per heavy atom. The van der Waals surface area contributed by atoms with Crippen LogP contribution in [0.4, 0.5) is 0 Å². The Hall–Kier alpha value is -1.51. The summed E-state index contributed by atoms with van der Waals surface area (Å²) >= 11 is 0. The molecule has 0 radical (unpaired) electrons. The average molecular weight is 250 g/mol. The van der Waals surface area contributed by atoms with Gasteiger partial charge in [0, 0.05) is 5.92 Å². The minimum atomic E-state index is 0.105. The van der Waals surface area contributed by atoms with Gasteiger partial charge in [-0.05, 0) is 37.5 Å². The highest BCUT2D eigenvalue weighted by Gasteiger charge is 2.15. The lowest BCUT2D eigenvalue weighted by Crippen LogP contribution is -2.13. The molecule has 1 atom stereocenters. The van der Waals surface area contributed by atoms with E-state index in [1.165, 1.54) is 0 Å². The molecule has 0 amide bonds. The first kappa shape index (κ1) is 14.6. The topological polar surface area (TPSA) is 35.5 Å². The van der Waals surface area contributed by atoms with Crippen molar-refractivity contribution in [2.45, 2.75) is 33.1 Å². The minimum Gasteiger partial charge on any atom is -0.493 e. The fraction of sp³-hybridized carbons (Fsp3) is 0.533. The van der Waals surface area contributed by atoms with Gasteiger partial charge in [0.25, 0.3) is 0 Å². The van der Waals surface area contributed by atoms with Gasteiger partial charge in [-0.2, -0.15) is 0 Å². The second-order valence-electron chi connectivity index (χ2n) is 4.49. The molecule has 0 saturated carbocycles. The summed E-state index contributed by atoms with van der Waals surface area (Å²) in [5.74, 6) is 1.80. The summed E-state index contributed by atoms with van der Waals surface area (Å²) in [5.41, 5.74) is 1.11. The minimum absolute atomic E-state index is 0.105. The van der Waals surface area contributed by atoms with Gasteiger partial charge in [-0.25, -0.2) is 0 Å². The van der Waals surface area contributed by atoms with Crippen molar-refractivity contribution in [2.24, 2.45) is 5.92 Å². The summed E-state index contributed by atoms with van der Waals surface area (Å²) in [5, 5.41) is 0. The molecule has 1 unspecified atom stereocenters. The molecule has 0 aliphatic rings. The van der Waals surface area contributed by atoms with E-state index < -0.39 is 0 Å². The Labute approximate surface area is 109 Å². The van der Waals surface area contributed by atoms with E-state index >= 15 is 0 Å². The standard InChI is InChI=1S/C15H22O3/c1-5-6-13(11(2)16)9-12-7-8-14(17-3)15(10-12)18-4/h7-8,10,13H,5-6,9H2,1-4H3. The zero-order chi connectivity index (χ0) is 13.5. The van der Waals surface area contributed by atoms with Crippen LogP contribution in [0.1, 0.15) is 32.3 Å². The first-order chi connectivity index (χ1) is 8.62. The number of ketones is 1. The molecule has 0 aliphatic carbocycles. The summed E-state index contributed by atoms with van der Waals surface area (Å²) < 4.78 is 10.5. The Bertz CT molecular complexity index is 399. The van der Waals surface area contributed by atoms with Crippen LogP contribution in [-0.2, 0) is 11.2 Å². The second kappa shape index (κ2) is 7.04. The van der Waals surface area contributed by atoms with Crippen molar-refractivity contribution in [3.05, 3.63) is 23.8 Å². The number of hydrogen-bond acceptors (Lipinski definition) is 3. The first-order valence-corrected chi connectivity index (χ1v) is 6.33. The van der Waals surface area contributed by atoms with Crippen LogP contribution in [0.25, 0.3) is 0 Å². The molecule has 0 spiro atoms. The van der Waals surface area contributed by atoms with Crippen molar-refractivity contribution >= 4 is 5.78 Å². The molecule has 18 heavy (non-hydrogen) atoms. The fourth-order valence-electron chi connectivity index (χ4n) is 2.09. The summed E-state index contributed by atoms with van der Waals surface area (Å²) in [6.07, 6.45) is 2.73. The van der Waals surface area contributed by atoms with Crippen molar-refractivity contribution < 1.29 is 14.3 Å². The average Bonchev–Trinajstić information content (AvgIpc) is 2.37. The highest BCUT2D eigenvalue weighted by Crippen LogP contribution is 2.29. The van der Waals surface area contributed by atoms with Gasteiger partial charge in [0.1, 0.15) is 5.78 Å². The van der Waals surface area contributed by atoms with E-state index in [1.54, 1.807) is 21.1 Å². The van der Waals surface area contributed by atoms with Crippen molar-refractivity contribution in [1.29, 1.82) is 0 Å². The predicted molar refractivity (Wildman–Crippen MR) is 72.3 cm³/mol. The maximum absolute atomic E-state index is 11.6. The number of methoxy groups -OCH3 is 2. The van der Waals surface area contributed by atoms with Gasteiger partial charge in [-0.3, -0.25) is 4.79 Å². The fourth-order valence-corrected chi connectivity index (χ4v) is 2.09. The molecular formula is C15H22O3. The summed E-state index contributed by atoms with van der Waals surface area (Å²) in [6, 6.07) is 5.83. The summed E-state index contributed by atoms with van der Waals surface area (Å²) in [6.45, 7) is 3.77. The molecule has 0 aliphatic heterocycles. The van der Waals surface area contributed by atoms with Gasteiger partial charge >= 0.3 is 0 Å². The predicted octanol–water partition coefficient (Wildman–Crippen LogP) is 3.25. The lowest BCUT2D eigenvalue weighted by atomic mass is 9.92. The Morgan fingerprint density at radius 2 is 1.89 bits per heavy atom. The molecule has 0 saturated heterocycles. The van der Waals surface area contributed by atoms with E-state index in [2.05, 4.69) is 6.92 Å². The molecule has 0 bridgehead atoms. The molecule has 0 fully saturated rings. The van der Waals surface area contributed by atoms with Gasteiger partial charge in [0.2, 0.25) is 0 Å². The Kier molecular flexibility index (Phi) is 5.69. The SMILES string of the molecule is CCCC(Cc1ccc(OC)c(OC)c1)C(C)=O. The summed E-state index contributed by atoms with van der Waals surface area (Å²) in [7, 11) is 3.24. The van der Waals surface area contributed by atoms with Crippen molar-refractivity contribution in [3.63, 3.8) is 0 Å². The van der Waals surface area contributed by atoms with E-state index in [-0.39, 0.29) is 11.7 Å². The van der Waals surface area contributed by atoms with E-state index in [0.717, 1.165) is 30.6 Å². The molecule has 1 aromatic carbocycles. The van der Waals surface area contributed by atoms with E-state index in [1.807, 2.05) is 18.2 Å². The Morgan fingerprint density at radius 1 is 1.22 bits per heavy atom. The van der Waals surface area contributed by atoms with E-state index in [0.29, 0.717) is 5.75 Å². The molecule has 0 aromatic heterocycles. The number of ether oxygens (including phenoxy) is 2. The smallest absolute Gasteiger partial charge is 0.160 e. The van der Waals surface area contributed by atoms with Crippen LogP contribution in [0.3, 0.4) is 0 Å². The molecule has 0 heterocycles. The van der Waals surface area contributed by atoms with Crippen LogP contribution in [0.15, 0.2) is 18.2 Å². The molecule has 1 rings (SSSR count). The number of Topliss-reactive ketones (excluding diaryl/α,β-unsaturated/α-hetero) is 1. The van der Waals surface area contributed by atoms with Gasteiger partial charge in [0.05, 0.1) is 14.2 Å². The third kappa shape index (κ3) is 3.76. The van der Waals surface area contributed by atoms with Crippen LogP contribution in [0.2, 0.25) is 0 Å². The highest BCUT2D eigenvalue weighted by atomic mass is 16.5. The van der Waals surface area contributed by atoms with Crippen LogP contribution >= 0.6 is 0 Å². The van der Waals surface area contributed by atoms with Crippen molar-refractivity contribution in [2.75, 3.05) is 14.2 Å². The number of carbonyl (C=O) groups excluding carboxylic acids is 1. The molecule has 100 valence electrons. The van der Waals surface area contributed by atoms with Gasteiger partial charge in [-0.15, -0.1) is 0 Å². The van der Waals surface area contributed by atoms with Gasteiger partial charge in [0.15, 0.2) is 11.5 Å². The van der Waals surface area contributed by atoms with Crippen LogP contribution in [-0.4, -0.2) is 20.0 Å². The molecule has 0 N–H and O–H groups in total. The normalized spacial score (nSPS) is 12.0. The van der Waals surface area contributed by atoms with Crippen molar-refractivity contribution in [3.8, 4) is 11.5 Å². The lowest BCUT2D eigenvalue weighted by molar-refractivity contribution is -0.120. The third-order valence-corrected chi connectivity index (χ3v) is 3.14. The van der Waals surface area contributed by atoms with Crippen LogP contribution in [0, 0.1) is 5.92 Å². The highest BCUT2D eigenvalue weighted by molar-refractivity contribution is 5.78. The number of benzene rings is 1. The zero-order valence-electron chi connectivity index (χ0n) is 11.7. The van der Waals surface area contributed by atoms with Gasteiger partial charge in [-0.1, -0.05) is 19.4 Å². The first-order valence-electron chi connectivity index (χ1n) is 6.33. The number of carbonyl (C=O) groups is 1. The molecule has 3 nitrogen and oxygen atoms in total. The molecule has 3 heteroatoms. The summed E-state index contributed by atoms with van der Waals surface area (Å²) in [4.78, 5) is 11.6. The van der Waals surface area contributed by atoms with Gasteiger partial charge < -0.3 is 9.47 Å².